The zero-order chi connectivity index (χ0) is 22.7. The van der Waals surface area contributed by atoms with E-state index in [-0.39, 0.29) is 25.3 Å². The van der Waals surface area contributed by atoms with E-state index in [9.17, 15) is 31.1 Å². The fourth-order valence-electron chi connectivity index (χ4n) is 4.00. The first-order chi connectivity index (χ1) is 13.7. The number of hydrogen-bond acceptors (Lipinski definition) is 5. The topological polar surface area (TPSA) is 103 Å². The van der Waals surface area contributed by atoms with Crippen LogP contribution in [0.4, 0.5) is 17.6 Å². The molecule has 1 fully saturated rings. The summed E-state index contributed by atoms with van der Waals surface area (Å²) >= 11 is 0. The molecule has 30 heavy (non-hydrogen) atoms. The molecule has 1 aliphatic carbocycles. The standard InChI is InChI=1S/C18H27F4N3O4S/c1-17(2,24-11-16(26)13-7-14(19)10-23-9-13)8-12-3-5-15(6-4-12)25(18(20,21)22)30(27,28)29/h7,9-10,12,15-16,24,26H,3-6,8,11H2,1-2H3,(H,27,28,29)/t12?,15?,16-/m0/s1. The van der Waals surface area contributed by atoms with E-state index in [1.807, 2.05) is 13.8 Å². The number of aromatic nitrogens is 1. The highest BCUT2D eigenvalue weighted by molar-refractivity contribution is 7.83. The zero-order valence-corrected chi connectivity index (χ0v) is 17.5. The SMILES string of the molecule is CC(C)(CC1CCC(N(C(F)(F)F)S(=O)(=O)O)CC1)NC[C@H](O)c1cncc(F)c1. The number of nitrogens with zero attached hydrogens (tertiary/aromatic N) is 2. The number of pyridine rings is 1. The van der Waals surface area contributed by atoms with Crippen LogP contribution in [0.25, 0.3) is 0 Å². The van der Waals surface area contributed by atoms with E-state index in [4.69, 9.17) is 4.55 Å². The van der Waals surface area contributed by atoms with Crippen molar-refractivity contribution in [3.05, 3.63) is 29.8 Å². The van der Waals surface area contributed by atoms with Gasteiger partial charge in [0.25, 0.3) is 0 Å². The lowest BCUT2D eigenvalue weighted by atomic mass is 9.79. The number of β-amino-alcohol motifs (C(OH)–C–C–N with tert-alkyl or cyclic N) is 1. The number of hydrogen-bond donors (Lipinski definition) is 3. The molecule has 172 valence electrons. The summed E-state index contributed by atoms with van der Waals surface area (Å²) in [5.74, 6) is -0.506. The highest BCUT2D eigenvalue weighted by Crippen LogP contribution is 2.37. The largest absolute Gasteiger partial charge is 0.475 e. The molecule has 1 aromatic heterocycles. The number of rotatable bonds is 8. The Morgan fingerprint density at radius 3 is 2.33 bits per heavy atom. The van der Waals surface area contributed by atoms with Gasteiger partial charge in [-0.3, -0.25) is 9.54 Å². The van der Waals surface area contributed by atoms with Gasteiger partial charge in [0.15, 0.2) is 0 Å². The molecule has 0 bridgehead atoms. The highest BCUT2D eigenvalue weighted by Gasteiger charge is 2.50. The Hall–Kier alpha value is -1.34. The lowest BCUT2D eigenvalue weighted by Crippen LogP contribution is -2.50. The van der Waals surface area contributed by atoms with Crippen molar-refractivity contribution in [2.75, 3.05) is 6.54 Å². The Labute approximate surface area is 173 Å². The Morgan fingerprint density at radius 1 is 1.23 bits per heavy atom. The summed E-state index contributed by atoms with van der Waals surface area (Å²) in [6.45, 7) is 3.91. The van der Waals surface area contributed by atoms with Gasteiger partial charge >= 0.3 is 16.6 Å². The van der Waals surface area contributed by atoms with Crippen molar-refractivity contribution in [3.63, 3.8) is 0 Å². The molecule has 0 unspecified atom stereocenters. The van der Waals surface area contributed by atoms with Crippen LogP contribution < -0.4 is 5.32 Å². The van der Waals surface area contributed by atoms with Crippen LogP contribution in [0, 0.1) is 11.7 Å². The van der Waals surface area contributed by atoms with Crippen LogP contribution in [0.5, 0.6) is 0 Å². The average molecular weight is 457 g/mol. The second-order valence-corrected chi connectivity index (χ2v) is 9.63. The van der Waals surface area contributed by atoms with Gasteiger partial charge in [0, 0.05) is 29.9 Å². The Morgan fingerprint density at radius 2 is 1.83 bits per heavy atom. The van der Waals surface area contributed by atoms with Gasteiger partial charge in [0.05, 0.1) is 12.3 Å². The lowest BCUT2D eigenvalue weighted by Gasteiger charge is -2.38. The fraction of sp³-hybridized carbons (Fsp3) is 0.722. The summed E-state index contributed by atoms with van der Waals surface area (Å²) in [6, 6.07) is -0.135. The van der Waals surface area contributed by atoms with Gasteiger partial charge in [-0.1, -0.05) is 4.31 Å². The zero-order valence-electron chi connectivity index (χ0n) is 16.7. The second-order valence-electron chi connectivity index (χ2n) is 8.34. The first-order valence-corrected chi connectivity index (χ1v) is 11.0. The molecule has 12 heteroatoms. The van der Waals surface area contributed by atoms with Crippen LogP contribution in [-0.4, -0.2) is 51.8 Å². The summed E-state index contributed by atoms with van der Waals surface area (Å²) in [5.41, 5.74) is -0.136. The molecule has 0 saturated heterocycles. The molecular formula is C18H27F4N3O4S. The van der Waals surface area contributed by atoms with Gasteiger partial charge in [-0.15, -0.1) is 0 Å². The molecule has 7 nitrogen and oxygen atoms in total. The van der Waals surface area contributed by atoms with Crippen LogP contribution in [0.15, 0.2) is 18.5 Å². The number of aliphatic hydroxyl groups is 1. The van der Waals surface area contributed by atoms with E-state index in [0.717, 1.165) is 6.20 Å². The molecular weight excluding hydrogens is 430 g/mol. The summed E-state index contributed by atoms with van der Waals surface area (Å²) in [4.78, 5) is 3.69. The van der Waals surface area contributed by atoms with E-state index in [2.05, 4.69) is 10.3 Å². The van der Waals surface area contributed by atoms with Gasteiger partial charge in [0.2, 0.25) is 0 Å². The molecule has 1 atom stereocenters. The normalized spacial score (nSPS) is 22.3. The average Bonchev–Trinajstić information content (AvgIpc) is 2.59. The monoisotopic (exact) mass is 457 g/mol. The van der Waals surface area contributed by atoms with Crippen LogP contribution in [0.2, 0.25) is 0 Å². The predicted octanol–water partition coefficient (Wildman–Crippen LogP) is 3.20. The summed E-state index contributed by atoms with van der Waals surface area (Å²) in [5, 5.41) is 13.4. The maximum absolute atomic E-state index is 13.2. The third-order valence-electron chi connectivity index (χ3n) is 5.33. The van der Waals surface area contributed by atoms with Crippen molar-refractivity contribution in [1.82, 2.24) is 14.6 Å². The summed E-state index contributed by atoms with van der Waals surface area (Å²) < 4.78 is 82.9. The first-order valence-electron chi connectivity index (χ1n) is 9.56. The second kappa shape index (κ2) is 9.43. The molecule has 1 saturated carbocycles. The van der Waals surface area contributed by atoms with E-state index in [1.54, 1.807) is 0 Å². The number of alkyl halides is 3. The van der Waals surface area contributed by atoms with Crippen LogP contribution in [0.1, 0.15) is 57.6 Å². The molecule has 1 aromatic rings. The van der Waals surface area contributed by atoms with Crippen molar-refractivity contribution in [2.45, 2.75) is 69.9 Å². The molecule has 1 heterocycles. The van der Waals surface area contributed by atoms with Crippen molar-refractivity contribution in [3.8, 4) is 0 Å². The van der Waals surface area contributed by atoms with Gasteiger partial charge in [-0.05, 0) is 57.9 Å². The molecule has 3 N–H and O–H groups in total. The molecule has 0 aliphatic heterocycles. The first kappa shape index (κ1) is 24.9. The van der Waals surface area contributed by atoms with Gasteiger partial charge in [-0.2, -0.15) is 21.6 Å². The molecule has 0 amide bonds. The van der Waals surface area contributed by atoms with Crippen LogP contribution >= 0.6 is 0 Å². The van der Waals surface area contributed by atoms with E-state index in [1.165, 1.54) is 12.3 Å². The van der Waals surface area contributed by atoms with Gasteiger partial charge in [-0.25, -0.2) is 4.39 Å². The Balaban J connectivity index is 1.88. The number of aliphatic hydroxyl groups excluding tert-OH is 1. The molecule has 0 spiro atoms. The van der Waals surface area contributed by atoms with Crippen molar-refractivity contribution < 1.29 is 35.6 Å². The van der Waals surface area contributed by atoms with Crippen molar-refractivity contribution in [1.29, 1.82) is 0 Å². The predicted molar refractivity (Wildman–Crippen MR) is 101 cm³/mol. The molecule has 0 aromatic carbocycles. The van der Waals surface area contributed by atoms with Gasteiger partial charge < -0.3 is 10.4 Å². The minimum atomic E-state index is -5.39. The Kier molecular flexibility index (Phi) is 7.83. The third-order valence-corrected chi connectivity index (χ3v) is 6.33. The van der Waals surface area contributed by atoms with E-state index in [0.29, 0.717) is 24.8 Å². The smallest absolute Gasteiger partial charge is 0.387 e. The maximum atomic E-state index is 13.2. The Bertz CT molecular complexity index is 812. The minimum absolute atomic E-state index is 0.0162. The van der Waals surface area contributed by atoms with Gasteiger partial charge in [0.1, 0.15) is 5.82 Å². The maximum Gasteiger partial charge on any atom is 0.475 e. The minimum Gasteiger partial charge on any atom is -0.387 e. The van der Waals surface area contributed by atoms with Crippen LogP contribution in [0.3, 0.4) is 0 Å². The highest BCUT2D eigenvalue weighted by atomic mass is 32.2. The van der Waals surface area contributed by atoms with E-state index < -0.39 is 44.4 Å². The van der Waals surface area contributed by atoms with E-state index >= 15 is 0 Å². The fourth-order valence-corrected chi connectivity index (χ4v) is 4.85. The molecule has 2 rings (SSSR count). The lowest BCUT2D eigenvalue weighted by molar-refractivity contribution is -0.226. The quantitative estimate of drug-likeness (QED) is 0.315. The third kappa shape index (κ3) is 7.12. The number of nitrogens with one attached hydrogen (secondary N) is 1. The molecule has 1 aliphatic rings. The number of halogens is 4. The summed E-state index contributed by atoms with van der Waals surface area (Å²) in [6.07, 6.45) is -2.45. The van der Waals surface area contributed by atoms with Crippen molar-refractivity contribution >= 4 is 10.3 Å². The van der Waals surface area contributed by atoms with Crippen LogP contribution in [-0.2, 0) is 10.3 Å². The van der Waals surface area contributed by atoms with Crippen molar-refractivity contribution in [2.24, 2.45) is 5.92 Å². The molecule has 0 radical (unpaired) electrons. The summed E-state index contributed by atoms with van der Waals surface area (Å²) in [7, 11) is -5.39.